The van der Waals surface area contributed by atoms with E-state index >= 15 is 0 Å². The molecule has 0 aromatic heterocycles. The number of benzene rings is 6. The minimum absolute atomic E-state index is 0.231. The summed E-state index contributed by atoms with van der Waals surface area (Å²) >= 11 is 0. The lowest BCUT2D eigenvalue weighted by Crippen LogP contribution is -2.61. The van der Waals surface area contributed by atoms with Crippen molar-refractivity contribution in [3.8, 4) is 0 Å². The van der Waals surface area contributed by atoms with Crippen molar-refractivity contribution in [2.45, 2.75) is 73.2 Å². The highest BCUT2D eigenvalue weighted by Crippen LogP contribution is 2.33. The maximum absolute atomic E-state index is 13.4. The minimum atomic E-state index is -3.67. The molecule has 0 bridgehead atoms. The number of hydrogen-bond acceptors (Lipinski definition) is 7. The molecule has 0 aliphatic carbocycles. The van der Waals surface area contributed by atoms with Crippen LogP contribution in [0.5, 0.6) is 0 Å². The van der Waals surface area contributed by atoms with Crippen LogP contribution in [0.4, 0.5) is 0 Å². The Morgan fingerprint density at radius 3 is 1.25 bits per heavy atom. The van der Waals surface area contributed by atoms with Gasteiger partial charge in [0.25, 0.3) is 0 Å². The van der Waals surface area contributed by atoms with E-state index in [-0.39, 0.29) is 16.4 Å². The molecule has 1 aliphatic rings. The summed E-state index contributed by atoms with van der Waals surface area (Å²) < 4.78 is 60.6. The van der Waals surface area contributed by atoms with Crippen molar-refractivity contribution in [1.29, 1.82) is 0 Å². The monoisotopic (exact) mass is 754 g/mol. The van der Waals surface area contributed by atoms with Gasteiger partial charge in [-0.2, -0.15) is 0 Å². The van der Waals surface area contributed by atoms with Crippen molar-refractivity contribution in [2.24, 2.45) is 0 Å². The molecule has 6 aromatic carbocycles. The topological polar surface area (TPSA) is 80.3 Å². The van der Waals surface area contributed by atoms with Gasteiger partial charge in [0.2, 0.25) is 9.84 Å². The second-order valence-corrected chi connectivity index (χ2v) is 15.6. The number of ether oxygens (including phenoxy) is 5. The SMILES string of the molecule is O=S(=O)(c1ccccc1)c1ccc(C[C@H]2O[C@H](COCc3ccccc3)[C@@H](OCc3ccccc3)[C@H](OCc3ccccc3)[C@H]2OCc2ccccc2)cc1. The summed E-state index contributed by atoms with van der Waals surface area (Å²) in [4.78, 5) is 0.487. The summed E-state index contributed by atoms with van der Waals surface area (Å²) in [6.07, 6.45) is -2.19. The highest BCUT2D eigenvalue weighted by molar-refractivity contribution is 7.91. The molecule has 1 saturated heterocycles. The normalized spacial score (nSPS) is 19.9. The molecule has 0 N–H and O–H groups in total. The zero-order valence-electron chi connectivity index (χ0n) is 30.6. The third-order valence-electron chi connectivity index (χ3n) is 9.70. The van der Waals surface area contributed by atoms with Crippen LogP contribution < -0.4 is 0 Å². The Morgan fingerprint density at radius 2 is 0.782 bits per heavy atom. The van der Waals surface area contributed by atoms with Crippen molar-refractivity contribution in [1.82, 2.24) is 0 Å². The quantitative estimate of drug-likeness (QED) is 0.0921. The van der Waals surface area contributed by atoms with E-state index in [0.29, 0.717) is 32.8 Å². The third kappa shape index (κ3) is 10.4. The highest BCUT2D eigenvalue weighted by atomic mass is 32.2. The van der Waals surface area contributed by atoms with Gasteiger partial charge in [-0.15, -0.1) is 0 Å². The van der Waals surface area contributed by atoms with E-state index in [2.05, 4.69) is 0 Å². The summed E-state index contributed by atoms with van der Waals surface area (Å²) in [6.45, 7) is 1.71. The standard InChI is InChI=1S/C47H46O7S/c48-55(49,41-24-14-5-15-25-41)42-28-26-36(27-29-42)30-43-45(51-32-38-18-8-2-9-19-38)47(53-34-40-22-12-4-13-23-40)46(52-33-39-20-10-3-11-21-39)44(54-43)35-50-31-37-16-6-1-7-17-37/h1-29,43-47H,30-35H2/t43-,44-,45+,46-,47-/m1/s1. The fourth-order valence-corrected chi connectivity index (χ4v) is 8.10. The van der Waals surface area contributed by atoms with E-state index in [1.54, 1.807) is 42.5 Å². The zero-order valence-corrected chi connectivity index (χ0v) is 31.5. The molecule has 0 unspecified atom stereocenters. The van der Waals surface area contributed by atoms with Crippen molar-refractivity contribution >= 4 is 9.84 Å². The van der Waals surface area contributed by atoms with Gasteiger partial charge in [-0.3, -0.25) is 0 Å². The summed E-state index contributed by atoms with van der Waals surface area (Å²) in [5, 5.41) is 0. The Labute approximate surface area is 324 Å². The first-order valence-electron chi connectivity index (χ1n) is 18.7. The van der Waals surface area contributed by atoms with E-state index in [1.165, 1.54) is 0 Å². The number of rotatable bonds is 17. The molecule has 0 amide bonds. The lowest BCUT2D eigenvalue weighted by molar-refractivity contribution is -0.272. The van der Waals surface area contributed by atoms with Gasteiger partial charge in [0.1, 0.15) is 24.4 Å². The molecule has 8 heteroatoms. The van der Waals surface area contributed by atoms with Gasteiger partial charge in [0.05, 0.1) is 48.9 Å². The highest BCUT2D eigenvalue weighted by Gasteiger charge is 2.48. The molecule has 0 radical (unpaired) electrons. The smallest absolute Gasteiger partial charge is 0.206 e. The lowest BCUT2D eigenvalue weighted by Gasteiger charge is -2.46. The maximum atomic E-state index is 13.4. The molecule has 0 spiro atoms. The van der Waals surface area contributed by atoms with E-state index < -0.39 is 40.4 Å². The van der Waals surface area contributed by atoms with E-state index in [4.69, 9.17) is 23.7 Å². The van der Waals surface area contributed by atoms with Gasteiger partial charge < -0.3 is 23.7 Å². The fourth-order valence-electron chi connectivity index (χ4n) is 6.82. The summed E-state index contributed by atoms with van der Waals surface area (Å²) in [7, 11) is -3.67. The van der Waals surface area contributed by atoms with Crippen molar-refractivity contribution in [3.05, 3.63) is 204 Å². The van der Waals surface area contributed by atoms with E-state index in [9.17, 15) is 8.42 Å². The van der Waals surface area contributed by atoms with Crippen LogP contribution in [-0.4, -0.2) is 45.5 Å². The van der Waals surface area contributed by atoms with Crippen LogP contribution in [0.3, 0.4) is 0 Å². The first kappa shape index (κ1) is 38.3. The van der Waals surface area contributed by atoms with Crippen LogP contribution in [0, 0.1) is 0 Å². The van der Waals surface area contributed by atoms with Gasteiger partial charge in [-0.25, -0.2) is 8.42 Å². The average Bonchev–Trinajstić information content (AvgIpc) is 3.24. The molecular formula is C47H46O7S. The average molecular weight is 755 g/mol. The van der Waals surface area contributed by atoms with Crippen molar-refractivity contribution in [2.75, 3.05) is 6.61 Å². The lowest BCUT2D eigenvalue weighted by atomic mass is 9.90. The predicted molar refractivity (Wildman–Crippen MR) is 212 cm³/mol. The first-order valence-corrected chi connectivity index (χ1v) is 20.1. The molecule has 1 aliphatic heterocycles. The van der Waals surface area contributed by atoms with Crippen LogP contribution in [0.25, 0.3) is 0 Å². The van der Waals surface area contributed by atoms with Gasteiger partial charge in [0, 0.05) is 6.42 Å². The van der Waals surface area contributed by atoms with Crippen LogP contribution >= 0.6 is 0 Å². The molecule has 1 heterocycles. The molecule has 5 atom stereocenters. The second kappa shape index (κ2) is 19.1. The summed E-state index contributed by atoms with van der Waals surface area (Å²) in [5.74, 6) is 0. The third-order valence-corrected chi connectivity index (χ3v) is 11.5. The van der Waals surface area contributed by atoms with Crippen molar-refractivity contribution < 1.29 is 32.1 Å². The van der Waals surface area contributed by atoms with Crippen LogP contribution in [-0.2, 0) is 66.4 Å². The molecular weight excluding hydrogens is 709 g/mol. The molecule has 6 aromatic rings. The second-order valence-electron chi connectivity index (χ2n) is 13.7. The van der Waals surface area contributed by atoms with Gasteiger partial charge in [-0.05, 0) is 52.1 Å². The van der Waals surface area contributed by atoms with Gasteiger partial charge in [-0.1, -0.05) is 152 Å². The Morgan fingerprint density at radius 1 is 0.400 bits per heavy atom. The molecule has 7 rings (SSSR count). The Balaban J connectivity index is 1.21. The molecule has 55 heavy (non-hydrogen) atoms. The first-order chi connectivity index (χ1) is 27.0. The Bertz CT molecular complexity index is 2120. The summed E-state index contributed by atoms with van der Waals surface area (Å²) in [5.41, 5.74) is 5.04. The van der Waals surface area contributed by atoms with E-state index in [0.717, 1.165) is 27.8 Å². The largest absolute Gasteiger partial charge is 0.374 e. The van der Waals surface area contributed by atoms with Gasteiger partial charge >= 0.3 is 0 Å². The van der Waals surface area contributed by atoms with Gasteiger partial charge in [0.15, 0.2) is 0 Å². The van der Waals surface area contributed by atoms with E-state index in [1.807, 2.05) is 133 Å². The molecule has 1 fully saturated rings. The zero-order chi connectivity index (χ0) is 37.7. The minimum Gasteiger partial charge on any atom is -0.374 e. The molecule has 282 valence electrons. The number of sulfone groups is 1. The maximum Gasteiger partial charge on any atom is 0.206 e. The molecule has 7 nitrogen and oxygen atoms in total. The number of hydrogen-bond donors (Lipinski definition) is 0. The van der Waals surface area contributed by atoms with Crippen LogP contribution in [0.1, 0.15) is 27.8 Å². The summed E-state index contributed by atoms with van der Waals surface area (Å²) in [6, 6.07) is 55.7. The predicted octanol–water partition coefficient (Wildman–Crippen LogP) is 8.80. The van der Waals surface area contributed by atoms with Crippen LogP contribution in [0.2, 0.25) is 0 Å². The van der Waals surface area contributed by atoms with Crippen LogP contribution in [0.15, 0.2) is 186 Å². The fraction of sp³-hybridized carbons (Fsp3) is 0.234. The van der Waals surface area contributed by atoms with Crippen molar-refractivity contribution in [3.63, 3.8) is 0 Å². The Kier molecular flexibility index (Phi) is 13.3. The molecule has 0 saturated carbocycles. The Hall–Kier alpha value is -4.93.